The van der Waals surface area contributed by atoms with Gasteiger partial charge in [0, 0.05) is 97.4 Å². The van der Waals surface area contributed by atoms with Gasteiger partial charge in [0.25, 0.3) is 0 Å². The number of para-hydroxylation sites is 1. The van der Waals surface area contributed by atoms with Crippen molar-refractivity contribution in [1.29, 1.82) is 0 Å². The highest BCUT2D eigenvalue weighted by Gasteiger charge is 2.78. The molecule has 0 radical (unpaired) electrons. The summed E-state index contributed by atoms with van der Waals surface area (Å²) < 4.78 is 18.9. The lowest BCUT2D eigenvalue weighted by atomic mass is 9.47. The molecule has 1 aliphatic carbocycles. The van der Waals surface area contributed by atoms with Gasteiger partial charge in [-0.05, 0) is 74.2 Å². The number of nitrogens with zero attached hydrogens (tertiary/aromatic N) is 3. The second-order valence-electron chi connectivity index (χ2n) is 19.0. The molecule has 332 valence electrons. The largest absolute Gasteiger partial charge is 0.496 e. The van der Waals surface area contributed by atoms with E-state index in [2.05, 4.69) is 87.4 Å². The maximum atomic E-state index is 15.4. The van der Waals surface area contributed by atoms with Crippen LogP contribution in [-0.2, 0) is 41.1 Å². The summed E-state index contributed by atoms with van der Waals surface area (Å²) in [4.78, 5) is 53.1. The highest BCUT2D eigenvalue weighted by molar-refractivity contribution is 5.94. The van der Waals surface area contributed by atoms with Gasteiger partial charge in [-0.1, -0.05) is 69.2 Å². The number of ether oxygens (including phenoxy) is 3. The van der Waals surface area contributed by atoms with E-state index in [1.165, 1.54) is 19.6 Å². The molecule has 9 atom stereocenters. The molecule has 9 rings (SSSR count). The predicted molar refractivity (Wildman–Crippen MR) is 239 cm³/mol. The van der Waals surface area contributed by atoms with E-state index in [-0.39, 0.29) is 30.4 Å². The molecular formula is C50H65N5O7. The summed E-state index contributed by atoms with van der Waals surface area (Å²) >= 11 is 0. The maximum Gasteiger partial charge on any atom is 0.322 e. The lowest BCUT2D eigenvalue weighted by molar-refractivity contribution is -0.217. The summed E-state index contributed by atoms with van der Waals surface area (Å²) in [5.74, 6) is -0.377. The molecule has 1 spiro atoms. The van der Waals surface area contributed by atoms with Crippen LogP contribution >= 0.6 is 0 Å². The molecule has 2 aromatic carbocycles. The van der Waals surface area contributed by atoms with Gasteiger partial charge in [0.1, 0.15) is 22.9 Å². The van der Waals surface area contributed by atoms with Crippen LogP contribution in [0.5, 0.6) is 5.75 Å². The number of carbonyl (C=O) groups excluding carboxylic acids is 3. The summed E-state index contributed by atoms with van der Waals surface area (Å²) in [7, 11) is 5.16. The van der Waals surface area contributed by atoms with E-state index >= 15 is 4.79 Å². The molecule has 12 heteroatoms. The van der Waals surface area contributed by atoms with Crippen molar-refractivity contribution in [3.05, 3.63) is 82.6 Å². The molecule has 2 fully saturated rings. The minimum atomic E-state index is -1.73. The van der Waals surface area contributed by atoms with Gasteiger partial charge in [-0.3, -0.25) is 24.2 Å². The molecular weight excluding hydrogens is 783 g/mol. The van der Waals surface area contributed by atoms with Gasteiger partial charge < -0.3 is 34.5 Å². The van der Waals surface area contributed by atoms with Gasteiger partial charge in [0.05, 0.1) is 26.8 Å². The summed E-state index contributed by atoms with van der Waals surface area (Å²) in [6.07, 6.45) is 11.1. The Balaban J connectivity index is 1.33. The van der Waals surface area contributed by atoms with E-state index in [1.807, 2.05) is 20.0 Å². The smallest absolute Gasteiger partial charge is 0.322 e. The van der Waals surface area contributed by atoms with Crippen molar-refractivity contribution in [2.75, 3.05) is 65.4 Å². The number of fused-ring (bicyclic) bond motifs is 6. The number of likely N-dealkylation sites (N-methyl/N-ethyl adjacent to an activating group) is 1. The number of H-pyrrole nitrogens is 1. The van der Waals surface area contributed by atoms with Crippen molar-refractivity contribution in [1.82, 2.24) is 20.1 Å². The molecule has 1 saturated heterocycles. The number of hydrogen-bond donors (Lipinski definition) is 3. The number of aromatic nitrogens is 1. The first kappa shape index (κ1) is 42.6. The van der Waals surface area contributed by atoms with Crippen LogP contribution in [-0.4, -0.2) is 122 Å². The lowest BCUT2D eigenvalue weighted by Gasteiger charge is -2.64. The Morgan fingerprint density at radius 2 is 1.85 bits per heavy atom. The fraction of sp³-hybridized carbons (Fsp3) is 0.580. The van der Waals surface area contributed by atoms with Crippen LogP contribution in [0.25, 0.3) is 10.9 Å². The zero-order chi connectivity index (χ0) is 43.8. The first-order valence-electron chi connectivity index (χ1n) is 23.0. The molecule has 1 saturated carbocycles. The van der Waals surface area contributed by atoms with Gasteiger partial charge in [-0.25, -0.2) is 0 Å². The van der Waals surface area contributed by atoms with E-state index < -0.39 is 40.0 Å². The number of methoxy groups -OCH3 is 2. The monoisotopic (exact) mass is 847 g/mol. The van der Waals surface area contributed by atoms with E-state index in [4.69, 9.17) is 14.2 Å². The summed E-state index contributed by atoms with van der Waals surface area (Å²) in [6, 6.07) is 11.8. The third-order valence-corrected chi connectivity index (χ3v) is 16.0. The Morgan fingerprint density at radius 1 is 1.05 bits per heavy atom. The number of esters is 2. The summed E-state index contributed by atoms with van der Waals surface area (Å²) in [5, 5.41) is 18.0. The van der Waals surface area contributed by atoms with Crippen molar-refractivity contribution in [2.24, 2.45) is 11.3 Å². The van der Waals surface area contributed by atoms with E-state index in [1.54, 1.807) is 7.11 Å². The number of aromatic amines is 1. The minimum Gasteiger partial charge on any atom is -0.496 e. The number of rotatable bonds is 11. The Kier molecular flexibility index (Phi) is 10.9. The first-order chi connectivity index (χ1) is 29.9. The number of amides is 1. The summed E-state index contributed by atoms with van der Waals surface area (Å²) in [6.45, 7) is 11.7. The van der Waals surface area contributed by atoms with Gasteiger partial charge in [0.2, 0.25) is 5.91 Å². The fourth-order valence-corrected chi connectivity index (χ4v) is 13.7. The number of nitrogens with one attached hydrogen (secondary N) is 2. The predicted octanol–water partition coefficient (Wildman–Crippen LogP) is 5.93. The van der Waals surface area contributed by atoms with Crippen molar-refractivity contribution in [3.63, 3.8) is 0 Å². The molecule has 3 aromatic rings. The van der Waals surface area contributed by atoms with Crippen molar-refractivity contribution >= 4 is 34.4 Å². The van der Waals surface area contributed by atoms with Gasteiger partial charge in [-0.2, -0.15) is 0 Å². The molecule has 2 bridgehead atoms. The maximum absolute atomic E-state index is 15.4. The number of unbranched alkanes of at least 4 members (excludes halogenated alkanes) is 1. The Morgan fingerprint density at radius 3 is 2.58 bits per heavy atom. The van der Waals surface area contributed by atoms with Crippen LogP contribution in [0, 0.1) is 11.3 Å². The topological polar surface area (TPSA) is 137 Å². The second kappa shape index (κ2) is 15.9. The van der Waals surface area contributed by atoms with Gasteiger partial charge >= 0.3 is 11.9 Å². The minimum absolute atomic E-state index is 0.0421. The highest BCUT2D eigenvalue weighted by atomic mass is 16.6. The number of benzene rings is 2. The average Bonchev–Trinajstić information content (AvgIpc) is 3.94. The van der Waals surface area contributed by atoms with Crippen molar-refractivity contribution in [3.8, 4) is 5.75 Å². The molecule has 6 aliphatic rings. The van der Waals surface area contributed by atoms with E-state index in [9.17, 15) is 14.7 Å². The zero-order valence-corrected chi connectivity index (χ0v) is 37.6. The van der Waals surface area contributed by atoms with Crippen LogP contribution < -0.4 is 15.0 Å². The Labute approximate surface area is 366 Å². The standard InChI is InChI=1S/C50H65N5O7/c1-8-11-17-41(57)51-30-50(59)44-48(20-23-55-21-14-19-47(10-3,43(48)55)45(50)62-31(4)56)36-25-37(40(60-6)26-39(36)53(44)5)49(46(58)61-7)27-33-24-32(9-2)28-54(29-33)22-18-35-34-15-12-13-16-38(34)52-42(35)49/h12-16,19,24-26,33,43-45,52,59H,8-11,17-18,20-23,27-30H2,1-7H3,(H,51,57)/t33-,43-,44+,45+,47+,48+,49-,50-/m0/s1. The Bertz CT molecular complexity index is 2340. The average molecular weight is 848 g/mol. The highest BCUT2D eigenvalue weighted by Crippen LogP contribution is 2.68. The Hall–Kier alpha value is -4.65. The molecule has 6 heterocycles. The van der Waals surface area contributed by atoms with Gasteiger partial charge in [0.15, 0.2) is 0 Å². The van der Waals surface area contributed by atoms with E-state index in [0.717, 1.165) is 97.4 Å². The molecule has 5 aliphatic heterocycles. The lowest BCUT2D eigenvalue weighted by Crippen LogP contribution is -2.81. The quantitative estimate of drug-likeness (QED) is 0.158. The van der Waals surface area contributed by atoms with Crippen LogP contribution in [0.3, 0.4) is 0 Å². The molecule has 62 heavy (non-hydrogen) atoms. The van der Waals surface area contributed by atoms with Crippen LogP contribution in [0.1, 0.15) is 95.0 Å². The normalized spacial score (nSPS) is 33.3. The van der Waals surface area contributed by atoms with Crippen molar-refractivity contribution < 1.29 is 33.7 Å². The molecule has 12 nitrogen and oxygen atoms in total. The number of carbonyl (C=O) groups is 3. The number of aliphatic hydroxyl groups is 1. The number of hydrogen-bond acceptors (Lipinski definition) is 10. The number of anilines is 1. The molecule has 1 amide bonds. The second-order valence-corrected chi connectivity index (χ2v) is 19.0. The molecule has 1 aromatic heterocycles. The molecule has 3 N–H and O–H groups in total. The fourth-order valence-electron chi connectivity index (χ4n) is 13.7. The van der Waals surface area contributed by atoms with Crippen LogP contribution in [0.15, 0.2) is 60.2 Å². The third kappa shape index (κ3) is 6.05. The zero-order valence-electron chi connectivity index (χ0n) is 37.6. The van der Waals surface area contributed by atoms with E-state index in [0.29, 0.717) is 31.4 Å². The van der Waals surface area contributed by atoms with Crippen molar-refractivity contribution in [2.45, 2.75) is 114 Å². The van der Waals surface area contributed by atoms with Crippen LogP contribution in [0.4, 0.5) is 5.69 Å². The SMILES string of the molecule is CCCCC(=O)NC[C@@]1(O)[C@H](OC(C)=O)[C@]2(CC)C=CCN3CC[C@@]4(c5cc([C@@]6(C(=O)OC)C[C@@H]7C=C(CC)CN(CCc8c6[nH]c6ccccc86)C7)c(OC)cc5N(C)[C@@H]14)[C@@H]32. The molecule has 1 unspecified atom stereocenters. The van der Waals surface area contributed by atoms with Crippen LogP contribution in [0.2, 0.25) is 0 Å². The summed E-state index contributed by atoms with van der Waals surface area (Å²) in [5.41, 5.74) is 2.36. The third-order valence-electron chi connectivity index (χ3n) is 16.0. The van der Waals surface area contributed by atoms with Gasteiger partial charge in [-0.15, -0.1) is 0 Å². The first-order valence-corrected chi connectivity index (χ1v) is 23.0.